The quantitative estimate of drug-likeness (QED) is 0.864. The molecule has 0 radical (unpaired) electrons. The van der Waals surface area contributed by atoms with E-state index in [1.165, 1.54) is 12.8 Å². The molecule has 0 atom stereocenters. The fourth-order valence-corrected chi connectivity index (χ4v) is 2.56. The van der Waals surface area contributed by atoms with Crippen LogP contribution in [0.15, 0.2) is 18.2 Å². The van der Waals surface area contributed by atoms with Gasteiger partial charge in [-0.2, -0.15) is 0 Å². The van der Waals surface area contributed by atoms with Crippen LogP contribution in [0.4, 0.5) is 0 Å². The zero-order valence-electron chi connectivity index (χ0n) is 8.78. The summed E-state index contributed by atoms with van der Waals surface area (Å²) in [6.07, 6.45) is 4.99. The van der Waals surface area contributed by atoms with Crippen LogP contribution in [0.25, 0.3) is 0 Å². The van der Waals surface area contributed by atoms with E-state index in [2.05, 4.69) is 22.6 Å². The highest BCUT2D eigenvalue weighted by atomic mass is 127. The smallest absolute Gasteiger partial charge is 0.335 e. The molecule has 1 aromatic rings. The molecule has 1 aliphatic rings. The van der Waals surface area contributed by atoms with E-state index in [9.17, 15) is 4.79 Å². The highest BCUT2D eigenvalue weighted by Gasteiger charge is 2.18. The van der Waals surface area contributed by atoms with E-state index in [-0.39, 0.29) is 0 Å². The van der Waals surface area contributed by atoms with Gasteiger partial charge in [0.25, 0.3) is 0 Å². The van der Waals surface area contributed by atoms with Crippen LogP contribution in [0.1, 0.15) is 36.0 Å². The Labute approximate surface area is 108 Å². The van der Waals surface area contributed by atoms with Gasteiger partial charge in [-0.05, 0) is 66.5 Å². The summed E-state index contributed by atoms with van der Waals surface area (Å²) in [6.45, 7) is 0. The molecule has 3 nitrogen and oxygen atoms in total. The van der Waals surface area contributed by atoms with Gasteiger partial charge in [-0.3, -0.25) is 0 Å². The summed E-state index contributed by atoms with van der Waals surface area (Å²) in [5.41, 5.74) is 0.308. The van der Waals surface area contributed by atoms with Crippen molar-refractivity contribution < 1.29 is 14.6 Å². The lowest BCUT2D eigenvalue weighted by molar-refractivity contribution is 0.0696. The Morgan fingerprint density at radius 1 is 1.38 bits per heavy atom. The second kappa shape index (κ2) is 5.03. The van der Waals surface area contributed by atoms with E-state index in [0.717, 1.165) is 22.2 Å². The lowest BCUT2D eigenvalue weighted by atomic mass is 10.2. The van der Waals surface area contributed by atoms with Crippen molar-refractivity contribution in [1.82, 2.24) is 0 Å². The number of hydrogen-bond acceptors (Lipinski definition) is 2. The lowest BCUT2D eigenvalue weighted by Gasteiger charge is -2.14. The van der Waals surface area contributed by atoms with Crippen LogP contribution in [-0.4, -0.2) is 17.2 Å². The highest BCUT2D eigenvalue weighted by molar-refractivity contribution is 14.1. The summed E-state index contributed by atoms with van der Waals surface area (Å²) in [5, 5.41) is 8.84. The fourth-order valence-electron chi connectivity index (χ4n) is 1.92. The number of hydrogen-bond donors (Lipinski definition) is 1. The summed E-state index contributed by atoms with van der Waals surface area (Å²) in [7, 11) is 0. The Balaban J connectivity index is 2.12. The van der Waals surface area contributed by atoms with E-state index in [4.69, 9.17) is 9.84 Å². The number of benzene rings is 1. The topological polar surface area (TPSA) is 46.5 Å². The van der Waals surface area contributed by atoms with Crippen LogP contribution in [0.3, 0.4) is 0 Å². The molecule has 0 aliphatic heterocycles. The van der Waals surface area contributed by atoms with Crippen molar-refractivity contribution in [2.45, 2.75) is 31.8 Å². The van der Waals surface area contributed by atoms with Gasteiger partial charge in [0.05, 0.1) is 15.2 Å². The molecule has 0 spiro atoms. The van der Waals surface area contributed by atoms with Crippen molar-refractivity contribution in [3.05, 3.63) is 27.3 Å². The molecular formula is C12H13IO3. The van der Waals surface area contributed by atoms with Crippen LogP contribution in [-0.2, 0) is 0 Å². The minimum absolute atomic E-state index is 0.308. The Morgan fingerprint density at radius 3 is 2.62 bits per heavy atom. The molecule has 0 saturated heterocycles. The predicted octanol–water partition coefficient (Wildman–Crippen LogP) is 3.31. The van der Waals surface area contributed by atoms with Gasteiger partial charge in [-0.1, -0.05) is 0 Å². The summed E-state index contributed by atoms with van der Waals surface area (Å²) in [6, 6.07) is 4.99. The van der Waals surface area contributed by atoms with Crippen molar-refractivity contribution in [3.63, 3.8) is 0 Å². The standard InChI is InChI=1S/C12H13IO3/c13-10-7-8(12(14)15)5-6-11(10)16-9-3-1-2-4-9/h5-7,9H,1-4H2,(H,14,15). The van der Waals surface area contributed by atoms with Crippen LogP contribution < -0.4 is 4.74 Å². The van der Waals surface area contributed by atoms with E-state index in [1.807, 2.05) is 0 Å². The molecule has 0 bridgehead atoms. The summed E-state index contributed by atoms with van der Waals surface area (Å²) in [5.74, 6) is -0.0946. The van der Waals surface area contributed by atoms with Gasteiger partial charge in [0.2, 0.25) is 0 Å². The van der Waals surface area contributed by atoms with Gasteiger partial charge in [-0.15, -0.1) is 0 Å². The molecule has 1 saturated carbocycles. The SMILES string of the molecule is O=C(O)c1ccc(OC2CCCC2)c(I)c1. The molecular weight excluding hydrogens is 319 g/mol. The molecule has 0 aromatic heterocycles. The second-order valence-corrected chi connectivity index (χ2v) is 5.14. The number of halogens is 1. The molecule has 86 valence electrons. The van der Waals surface area contributed by atoms with Crippen molar-refractivity contribution in [2.24, 2.45) is 0 Å². The van der Waals surface area contributed by atoms with Crippen molar-refractivity contribution in [1.29, 1.82) is 0 Å². The van der Waals surface area contributed by atoms with Crippen LogP contribution in [0.2, 0.25) is 0 Å². The first-order valence-electron chi connectivity index (χ1n) is 5.36. The molecule has 1 aliphatic carbocycles. The number of ether oxygens (including phenoxy) is 1. The maximum Gasteiger partial charge on any atom is 0.335 e. The van der Waals surface area contributed by atoms with Gasteiger partial charge in [0, 0.05) is 0 Å². The van der Waals surface area contributed by atoms with E-state index in [1.54, 1.807) is 18.2 Å². The first-order valence-corrected chi connectivity index (χ1v) is 6.44. The van der Waals surface area contributed by atoms with E-state index in [0.29, 0.717) is 11.7 Å². The maximum absolute atomic E-state index is 10.8. The molecule has 0 unspecified atom stereocenters. The third-order valence-electron chi connectivity index (χ3n) is 2.77. The molecule has 0 heterocycles. The third-order valence-corrected chi connectivity index (χ3v) is 3.62. The third kappa shape index (κ3) is 2.66. The van der Waals surface area contributed by atoms with Gasteiger partial charge < -0.3 is 9.84 Å². The van der Waals surface area contributed by atoms with Crippen molar-refractivity contribution >= 4 is 28.6 Å². The number of rotatable bonds is 3. The number of carboxylic acid groups (broad SMARTS) is 1. The first-order chi connectivity index (χ1) is 7.66. The molecule has 4 heteroatoms. The number of carbonyl (C=O) groups is 1. The zero-order valence-corrected chi connectivity index (χ0v) is 10.9. The van der Waals surface area contributed by atoms with Gasteiger partial charge >= 0.3 is 5.97 Å². The lowest BCUT2D eigenvalue weighted by Crippen LogP contribution is -2.12. The van der Waals surface area contributed by atoms with Gasteiger partial charge in [0.1, 0.15) is 5.75 Å². The largest absolute Gasteiger partial charge is 0.489 e. The van der Waals surface area contributed by atoms with Crippen LogP contribution in [0.5, 0.6) is 5.75 Å². The maximum atomic E-state index is 10.8. The molecule has 1 N–H and O–H groups in total. The molecule has 1 fully saturated rings. The normalized spacial score (nSPS) is 16.3. The Hall–Kier alpha value is -0.780. The van der Waals surface area contributed by atoms with Crippen molar-refractivity contribution in [3.8, 4) is 5.75 Å². The van der Waals surface area contributed by atoms with E-state index < -0.39 is 5.97 Å². The molecule has 0 amide bonds. The predicted molar refractivity (Wildman–Crippen MR) is 69.0 cm³/mol. The zero-order chi connectivity index (χ0) is 11.5. The number of aromatic carboxylic acids is 1. The first kappa shape index (κ1) is 11.7. The fraction of sp³-hybridized carbons (Fsp3) is 0.417. The van der Waals surface area contributed by atoms with Gasteiger partial charge in [0.15, 0.2) is 0 Å². The average molecular weight is 332 g/mol. The van der Waals surface area contributed by atoms with E-state index >= 15 is 0 Å². The summed E-state index contributed by atoms with van der Waals surface area (Å²) < 4.78 is 6.71. The summed E-state index contributed by atoms with van der Waals surface area (Å²) >= 11 is 2.12. The van der Waals surface area contributed by atoms with Crippen molar-refractivity contribution in [2.75, 3.05) is 0 Å². The molecule has 1 aromatic carbocycles. The minimum Gasteiger partial charge on any atom is -0.489 e. The van der Waals surface area contributed by atoms with Crippen LogP contribution >= 0.6 is 22.6 Å². The number of carboxylic acids is 1. The monoisotopic (exact) mass is 332 g/mol. The molecule has 2 rings (SSSR count). The highest BCUT2D eigenvalue weighted by Crippen LogP contribution is 2.28. The summed E-state index contributed by atoms with van der Waals surface area (Å²) in [4.78, 5) is 10.8. The molecule has 16 heavy (non-hydrogen) atoms. The Morgan fingerprint density at radius 2 is 2.06 bits per heavy atom. The van der Waals surface area contributed by atoms with Gasteiger partial charge in [-0.25, -0.2) is 4.79 Å². The second-order valence-electron chi connectivity index (χ2n) is 3.97. The Bertz CT molecular complexity index is 397. The minimum atomic E-state index is -0.898. The Kier molecular flexibility index (Phi) is 3.68. The van der Waals surface area contributed by atoms with Crippen LogP contribution in [0, 0.1) is 3.57 Å². The average Bonchev–Trinajstić information content (AvgIpc) is 2.73.